The average molecular weight is 718 g/mol. The molecule has 2 aromatic carbocycles. The predicted octanol–water partition coefficient (Wildman–Crippen LogP) is 7.78. The Bertz CT molecular complexity index is 1900. The minimum Gasteiger partial charge on any atom is -0.457 e. The summed E-state index contributed by atoms with van der Waals surface area (Å²) < 4.78 is 8.24. The van der Waals surface area contributed by atoms with E-state index in [2.05, 4.69) is 27.1 Å². The lowest BCUT2D eigenvalue weighted by Crippen LogP contribution is -2.46. The van der Waals surface area contributed by atoms with Gasteiger partial charge in [-0.05, 0) is 118 Å². The SMILES string of the molecule is CCC(=O)Cc1cc(-c2nn(C3CCN(CCNC(=O)[C@H](C)CCC45CC6CC(CC(C6)C4)C5)CC3)c3ncnc(N)c23)ccc1Oc1ccccc1. The highest BCUT2D eigenvalue weighted by molar-refractivity contribution is 5.98. The number of rotatable bonds is 14. The van der Waals surface area contributed by atoms with Crippen molar-refractivity contribution in [3.8, 4) is 22.8 Å². The molecule has 2 aromatic heterocycles. The van der Waals surface area contributed by atoms with Crippen molar-refractivity contribution in [1.29, 1.82) is 0 Å². The van der Waals surface area contributed by atoms with E-state index in [0.29, 0.717) is 41.4 Å². The van der Waals surface area contributed by atoms with Crippen LogP contribution in [0.25, 0.3) is 22.3 Å². The number of anilines is 1. The fourth-order valence-electron chi connectivity index (χ4n) is 10.5. The number of ether oxygens (including phenoxy) is 1. The molecule has 9 rings (SSSR count). The van der Waals surface area contributed by atoms with Gasteiger partial charge in [0.05, 0.1) is 11.4 Å². The monoisotopic (exact) mass is 717 g/mol. The first-order valence-electron chi connectivity index (χ1n) is 20.1. The van der Waals surface area contributed by atoms with Crippen LogP contribution in [0.2, 0.25) is 0 Å². The van der Waals surface area contributed by atoms with Crippen LogP contribution in [0.15, 0.2) is 54.9 Å². The van der Waals surface area contributed by atoms with Gasteiger partial charge < -0.3 is 20.7 Å². The van der Waals surface area contributed by atoms with Crippen LogP contribution in [0, 0.1) is 29.1 Å². The van der Waals surface area contributed by atoms with Gasteiger partial charge in [0.1, 0.15) is 35.1 Å². The number of nitrogen functional groups attached to an aromatic ring is 1. The zero-order chi connectivity index (χ0) is 36.5. The molecule has 4 saturated carbocycles. The Kier molecular flexibility index (Phi) is 10.2. The Hall–Kier alpha value is -4.31. The van der Waals surface area contributed by atoms with Crippen LogP contribution in [-0.4, -0.2) is 62.5 Å². The first-order valence-corrected chi connectivity index (χ1v) is 20.1. The largest absolute Gasteiger partial charge is 0.457 e. The van der Waals surface area contributed by atoms with Crippen molar-refractivity contribution in [2.24, 2.45) is 29.1 Å². The van der Waals surface area contributed by atoms with Gasteiger partial charge in [-0.15, -0.1) is 0 Å². The number of nitrogens with one attached hydrogen (secondary N) is 1. The van der Waals surface area contributed by atoms with Crippen molar-refractivity contribution in [3.63, 3.8) is 0 Å². The first-order chi connectivity index (χ1) is 25.8. The number of carbonyl (C=O) groups excluding carboxylic acids is 2. The summed E-state index contributed by atoms with van der Waals surface area (Å²) >= 11 is 0. The van der Waals surface area contributed by atoms with Crippen molar-refractivity contribution in [3.05, 3.63) is 60.4 Å². The number of likely N-dealkylation sites (tertiary alicyclic amines) is 1. The fraction of sp³-hybridized carbons (Fsp3) is 0.558. The molecule has 10 heteroatoms. The maximum atomic E-state index is 13.1. The van der Waals surface area contributed by atoms with E-state index < -0.39 is 0 Å². The standard InChI is InChI=1S/C43H55N7O3/c1-3-35(51)23-33-22-32(9-10-37(33)53-36-7-5-4-6-8-36)39-38-40(44)46-27-47-41(38)50(48-39)34-12-16-49(17-13-34)18-15-45-42(52)28(2)11-14-43-24-29-19-30(25-43)21-31(20-29)26-43/h4-10,22,27-31,34H,3,11-21,23-26H2,1-2H3,(H,45,52)(H2,44,46,47)/t28-,29?,30?,31?,43?/m1/s1. The van der Waals surface area contributed by atoms with Gasteiger partial charge >= 0.3 is 0 Å². The number of Topliss-reactive ketones (excluding diaryl/α,β-unsaturated/α-hetero) is 1. The minimum atomic E-state index is 0.0706. The summed E-state index contributed by atoms with van der Waals surface area (Å²) in [5.74, 6) is 5.04. The highest BCUT2D eigenvalue weighted by atomic mass is 16.5. The summed E-state index contributed by atoms with van der Waals surface area (Å²) in [5, 5.41) is 9.12. The summed E-state index contributed by atoms with van der Waals surface area (Å²) in [6.45, 7) is 7.34. The Balaban J connectivity index is 0.890. The van der Waals surface area contributed by atoms with Gasteiger partial charge in [-0.3, -0.25) is 9.59 Å². The third kappa shape index (κ3) is 7.70. The van der Waals surface area contributed by atoms with Gasteiger partial charge in [0, 0.05) is 56.1 Å². The number of ketones is 1. The number of fused-ring (bicyclic) bond motifs is 1. The molecule has 4 aliphatic carbocycles. The van der Waals surface area contributed by atoms with Crippen LogP contribution in [0.4, 0.5) is 5.82 Å². The highest BCUT2D eigenvalue weighted by Gasteiger charge is 2.50. The molecule has 3 heterocycles. The zero-order valence-corrected chi connectivity index (χ0v) is 31.4. The van der Waals surface area contributed by atoms with Gasteiger partial charge in [0.15, 0.2) is 5.65 Å². The minimum absolute atomic E-state index is 0.0706. The lowest BCUT2D eigenvalue weighted by atomic mass is 9.48. The van der Waals surface area contributed by atoms with Gasteiger partial charge in [0.25, 0.3) is 0 Å². The van der Waals surface area contributed by atoms with E-state index in [4.69, 9.17) is 15.6 Å². The topological polar surface area (TPSA) is 128 Å². The molecule has 1 aliphatic heterocycles. The second-order valence-corrected chi connectivity index (χ2v) is 16.8. The predicted molar refractivity (Wildman–Crippen MR) is 207 cm³/mol. The Morgan fingerprint density at radius 1 is 1.00 bits per heavy atom. The maximum absolute atomic E-state index is 13.1. The van der Waals surface area contributed by atoms with E-state index in [1.807, 2.05) is 60.1 Å². The number of amides is 1. The van der Waals surface area contributed by atoms with Crippen LogP contribution in [0.3, 0.4) is 0 Å². The average Bonchev–Trinajstić information content (AvgIpc) is 3.55. The number of benzene rings is 2. The lowest BCUT2D eigenvalue weighted by Gasteiger charge is -2.57. The first kappa shape index (κ1) is 35.7. The van der Waals surface area contributed by atoms with Crippen molar-refractivity contribution < 1.29 is 14.3 Å². The second-order valence-electron chi connectivity index (χ2n) is 16.8. The van der Waals surface area contributed by atoms with E-state index in [-0.39, 0.29) is 30.1 Å². The van der Waals surface area contributed by atoms with Gasteiger partial charge in [0.2, 0.25) is 5.91 Å². The molecule has 53 heavy (non-hydrogen) atoms. The van der Waals surface area contributed by atoms with Gasteiger partial charge in [-0.1, -0.05) is 32.0 Å². The molecule has 3 N–H and O–H groups in total. The van der Waals surface area contributed by atoms with Crippen LogP contribution in [0.1, 0.15) is 96.1 Å². The molecule has 0 radical (unpaired) electrons. The molecule has 280 valence electrons. The third-order valence-corrected chi connectivity index (χ3v) is 13.0. The molecule has 1 amide bonds. The number of carbonyl (C=O) groups is 2. The van der Waals surface area contributed by atoms with Crippen molar-refractivity contribution >= 4 is 28.5 Å². The van der Waals surface area contributed by atoms with Crippen LogP contribution < -0.4 is 15.8 Å². The van der Waals surface area contributed by atoms with Gasteiger partial charge in [-0.2, -0.15) is 5.10 Å². The summed E-state index contributed by atoms with van der Waals surface area (Å²) in [6.07, 6.45) is 14.9. The van der Waals surface area contributed by atoms with Crippen molar-refractivity contribution in [2.75, 3.05) is 31.9 Å². The smallest absolute Gasteiger partial charge is 0.222 e. The van der Waals surface area contributed by atoms with E-state index in [9.17, 15) is 9.59 Å². The zero-order valence-electron chi connectivity index (χ0n) is 31.4. The molecule has 4 bridgehead atoms. The highest BCUT2D eigenvalue weighted by Crippen LogP contribution is 2.61. The Morgan fingerprint density at radius 2 is 1.72 bits per heavy atom. The van der Waals surface area contributed by atoms with Crippen LogP contribution >= 0.6 is 0 Å². The van der Waals surface area contributed by atoms with Crippen molar-refractivity contribution in [2.45, 2.75) is 96.9 Å². The molecular formula is C43H55N7O3. The Labute approximate surface area is 313 Å². The quantitative estimate of drug-likeness (QED) is 0.135. The Morgan fingerprint density at radius 3 is 2.42 bits per heavy atom. The van der Waals surface area contributed by atoms with Crippen LogP contribution in [0.5, 0.6) is 11.5 Å². The molecule has 5 aliphatic rings. The molecule has 1 atom stereocenters. The number of piperidine rings is 1. The normalized spacial score (nSPS) is 24.8. The summed E-state index contributed by atoms with van der Waals surface area (Å²) in [6, 6.07) is 15.6. The molecule has 10 nitrogen and oxygen atoms in total. The molecule has 0 unspecified atom stereocenters. The number of nitrogens with zero attached hydrogens (tertiary/aromatic N) is 5. The molecule has 5 fully saturated rings. The summed E-state index contributed by atoms with van der Waals surface area (Å²) in [7, 11) is 0. The maximum Gasteiger partial charge on any atom is 0.222 e. The number of nitrogens with two attached hydrogens (primary N) is 1. The second kappa shape index (κ2) is 15.2. The molecular weight excluding hydrogens is 663 g/mol. The van der Waals surface area contributed by atoms with Crippen LogP contribution in [-0.2, 0) is 16.0 Å². The van der Waals surface area contributed by atoms with Crippen molar-refractivity contribution in [1.82, 2.24) is 30.0 Å². The summed E-state index contributed by atoms with van der Waals surface area (Å²) in [4.78, 5) is 37.2. The third-order valence-electron chi connectivity index (χ3n) is 13.0. The summed E-state index contributed by atoms with van der Waals surface area (Å²) in [5.41, 5.74) is 10.1. The number of aromatic nitrogens is 4. The number of para-hydroxylation sites is 1. The van der Waals surface area contributed by atoms with Gasteiger partial charge in [-0.25, -0.2) is 14.6 Å². The molecule has 0 spiro atoms. The van der Waals surface area contributed by atoms with E-state index in [0.717, 1.165) is 78.8 Å². The number of hydrogen-bond donors (Lipinski definition) is 2. The lowest BCUT2D eigenvalue weighted by molar-refractivity contribution is -0.125. The fourth-order valence-corrected chi connectivity index (χ4v) is 10.5. The molecule has 1 saturated heterocycles. The van der Waals surface area contributed by atoms with E-state index >= 15 is 0 Å². The van der Waals surface area contributed by atoms with E-state index in [1.54, 1.807) is 0 Å². The molecule has 4 aromatic rings. The van der Waals surface area contributed by atoms with E-state index in [1.165, 1.54) is 51.3 Å². The number of hydrogen-bond acceptors (Lipinski definition) is 8.